The number of thiazole rings is 1. The van der Waals surface area contributed by atoms with Crippen molar-refractivity contribution in [1.29, 1.82) is 0 Å². The maximum absolute atomic E-state index is 12.9. The molecule has 8 heteroatoms. The van der Waals surface area contributed by atoms with Gasteiger partial charge in [0.15, 0.2) is 5.13 Å². The molecule has 0 bridgehead atoms. The van der Waals surface area contributed by atoms with Crippen LogP contribution >= 0.6 is 11.3 Å². The van der Waals surface area contributed by atoms with E-state index in [1.807, 2.05) is 58.0 Å². The number of aryl methyl sites for hydroxylation is 1. The lowest BCUT2D eigenvalue weighted by molar-refractivity contribution is 0.543. The molecular weight excluding hydrogens is 356 g/mol. The van der Waals surface area contributed by atoms with Gasteiger partial charge < -0.3 is 0 Å². The standard InChI is InChI=1S/C17H20N4O2S2/c1-12-11-24-16(18-12)20-25(22,23)14-10-21(13-8-6-5-7-9-13)19-15(14)17(2,3)4/h5-11H,1-4H3,(H,18,20). The quantitative estimate of drug-likeness (QED) is 0.752. The predicted octanol–water partition coefficient (Wildman–Crippen LogP) is 3.74. The lowest BCUT2D eigenvalue weighted by atomic mass is 9.92. The number of anilines is 1. The van der Waals surface area contributed by atoms with Crippen LogP contribution in [0, 0.1) is 6.92 Å². The van der Waals surface area contributed by atoms with Crippen LogP contribution in [0.25, 0.3) is 5.69 Å². The van der Waals surface area contributed by atoms with Gasteiger partial charge in [-0.05, 0) is 19.1 Å². The predicted molar refractivity (Wildman–Crippen MR) is 99.9 cm³/mol. The topological polar surface area (TPSA) is 76.9 Å². The Bertz CT molecular complexity index is 983. The van der Waals surface area contributed by atoms with E-state index in [1.54, 1.807) is 16.3 Å². The monoisotopic (exact) mass is 376 g/mol. The molecule has 1 aromatic carbocycles. The van der Waals surface area contributed by atoms with Crippen molar-refractivity contribution in [3.8, 4) is 5.69 Å². The number of nitrogens with one attached hydrogen (secondary N) is 1. The summed E-state index contributed by atoms with van der Waals surface area (Å²) in [5, 5.41) is 6.70. The molecule has 0 aliphatic rings. The minimum Gasteiger partial charge on any atom is -0.255 e. The van der Waals surface area contributed by atoms with E-state index < -0.39 is 15.4 Å². The summed E-state index contributed by atoms with van der Waals surface area (Å²) >= 11 is 1.26. The number of nitrogens with zero attached hydrogens (tertiary/aromatic N) is 3. The summed E-state index contributed by atoms with van der Waals surface area (Å²) in [6, 6.07) is 9.44. The van der Waals surface area contributed by atoms with Crippen molar-refractivity contribution in [2.45, 2.75) is 38.0 Å². The van der Waals surface area contributed by atoms with Gasteiger partial charge in [-0.1, -0.05) is 39.0 Å². The highest BCUT2D eigenvalue weighted by Crippen LogP contribution is 2.30. The maximum Gasteiger partial charge on any atom is 0.267 e. The van der Waals surface area contributed by atoms with Crippen LogP contribution in [-0.2, 0) is 15.4 Å². The molecule has 0 amide bonds. The molecule has 6 nitrogen and oxygen atoms in total. The number of para-hydroxylation sites is 1. The first-order valence-electron chi connectivity index (χ1n) is 7.77. The molecule has 0 fully saturated rings. The first-order valence-corrected chi connectivity index (χ1v) is 10.1. The van der Waals surface area contributed by atoms with Crippen LogP contribution in [-0.4, -0.2) is 23.2 Å². The fourth-order valence-electron chi connectivity index (χ4n) is 2.36. The van der Waals surface area contributed by atoms with Gasteiger partial charge in [-0.3, -0.25) is 4.72 Å². The average Bonchev–Trinajstić information content (AvgIpc) is 3.14. The lowest BCUT2D eigenvalue weighted by Crippen LogP contribution is -2.20. The van der Waals surface area contributed by atoms with E-state index in [4.69, 9.17) is 0 Å². The summed E-state index contributed by atoms with van der Waals surface area (Å²) in [5.41, 5.74) is 1.67. The van der Waals surface area contributed by atoms with Gasteiger partial charge in [0.2, 0.25) is 0 Å². The first kappa shape index (κ1) is 17.6. The van der Waals surface area contributed by atoms with Crippen molar-refractivity contribution in [2.75, 3.05) is 4.72 Å². The number of sulfonamides is 1. The highest BCUT2D eigenvalue weighted by molar-refractivity contribution is 7.93. The van der Waals surface area contributed by atoms with E-state index in [1.165, 1.54) is 11.3 Å². The molecule has 2 heterocycles. The van der Waals surface area contributed by atoms with Crippen molar-refractivity contribution in [1.82, 2.24) is 14.8 Å². The van der Waals surface area contributed by atoms with Crippen molar-refractivity contribution < 1.29 is 8.42 Å². The van der Waals surface area contributed by atoms with E-state index in [-0.39, 0.29) is 4.90 Å². The first-order chi connectivity index (χ1) is 11.7. The minimum absolute atomic E-state index is 0.164. The third-order valence-electron chi connectivity index (χ3n) is 3.54. The Hall–Kier alpha value is -2.19. The molecule has 1 N–H and O–H groups in total. The van der Waals surface area contributed by atoms with Crippen molar-refractivity contribution in [3.63, 3.8) is 0 Å². The zero-order valence-corrected chi connectivity index (χ0v) is 16.1. The van der Waals surface area contributed by atoms with E-state index >= 15 is 0 Å². The molecule has 3 aromatic rings. The van der Waals surface area contributed by atoms with Gasteiger partial charge in [0, 0.05) is 10.8 Å². The van der Waals surface area contributed by atoms with Crippen LogP contribution in [0.3, 0.4) is 0 Å². The van der Waals surface area contributed by atoms with Gasteiger partial charge in [-0.15, -0.1) is 11.3 Å². The molecule has 25 heavy (non-hydrogen) atoms. The van der Waals surface area contributed by atoms with Crippen LogP contribution in [0.2, 0.25) is 0 Å². The number of hydrogen-bond acceptors (Lipinski definition) is 5. The zero-order chi connectivity index (χ0) is 18.2. The fourth-order valence-corrected chi connectivity index (χ4v) is 4.64. The van der Waals surface area contributed by atoms with Gasteiger partial charge in [-0.2, -0.15) is 5.10 Å². The molecule has 0 aliphatic carbocycles. The van der Waals surface area contributed by atoms with Gasteiger partial charge >= 0.3 is 0 Å². The molecular formula is C17H20N4O2S2. The third kappa shape index (κ3) is 3.74. The Morgan fingerprint density at radius 3 is 2.40 bits per heavy atom. The van der Waals surface area contributed by atoms with Crippen LogP contribution in [0.4, 0.5) is 5.13 Å². The van der Waals surface area contributed by atoms with E-state index in [0.717, 1.165) is 11.4 Å². The molecule has 0 aliphatic heterocycles. The largest absolute Gasteiger partial charge is 0.267 e. The summed E-state index contributed by atoms with van der Waals surface area (Å²) < 4.78 is 30.0. The molecule has 0 spiro atoms. The SMILES string of the molecule is Cc1csc(NS(=O)(=O)c2cn(-c3ccccc3)nc2C(C)(C)C)n1. The summed E-state index contributed by atoms with van der Waals surface area (Å²) in [6.45, 7) is 7.65. The van der Waals surface area contributed by atoms with Crippen LogP contribution in [0.5, 0.6) is 0 Å². The minimum atomic E-state index is -3.79. The van der Waals surface area contributed by atoms with E-state index in [2.05, 4.69) is 14.8 Å². The highest BCUT2D eigenvalue weighted by Gasteiger charge is 2.30. The Morgan fingerprint density at radius 2 is 1.84 bits per heavy atom. The molecule has 0 atom stereocenters. The van der Waals surface area contributed by atoms with E-state index in [0.29, 0.717) is 10.8 Å². The van der Waals surface area contributed by atoms with Gasteiger partial charge in [0.1, 0.15) is 4.90 Å². The van der Waals surface area contributed by atoms with Crippen molar-refractivity contribution >= 4 is 26.5 Å². The van der Waals surface area contributed by atoms with Crippen molar-refractivity contribution in [2.24, 2.45) is 0 Å². The van der Waals surface area contributed by atoms with E-state index in [9.17, 15) is 8.42 Å². The third-order valence-corrected chi connectivity index (χ3v) is 5.89. The van der Waals surface area contributed by atoms with Gasteiger partial charge in [0.05, 0.1) is 23.3 Å². The van der Waals surface area contributed by atoms with Crippen LogP contribution in [0.1, 0.15) is 32.2 Å². The molecule has 0 saturated carbocycles. The average molecular weight is 377 g/mol. The van der Waals surface area contributed by atoms with Gasteiger partial charge in [0.25, 0.3) is 10.0 Å². The molecule has 0 unspecified atom stereocenters. The lowest BCUT2D eigenvalue weighted by Gasteiger charge is -2.17. The molecule has 0 saturated heterocycles. The number of aromatic nitrogens is 3. The maximum atomic E-state index is 12.9. The number of benzene rings is 1. The zero-order valence-electron chi connectivity index (χ0n) is 14.5. The Labute approximate surface area is 151 Å². The van der Waals surface area contributed by atoms with Crippen molar-refractivity contribution in [3.05, 3.63) is 53.3 Å². The second-order valence-electron chi connectivity index (χ2n) is 6.77. The summed E-state index contributed by atoms with van der Waals surface area (Å²) in [5.74, 6) is 0. The molecule has 0 radical (unpaired) electrons. The molecule has 2 aromatic heterocycles. The normalized spacial score (nSPS) is 12.3. The van der Waals surface area contributed by atoms with Crippen LogP contribution in [0.15, 0.2) is 46.8 Å². The Morgan fingerprint density at radius 1 is 1.16 bits per heavy atom. The summed E-state index contributed by atoms with van der Waals surface area (Å²) in [7, 11) is -3.79. The number of hydrogen-bond donors (Lipinski definition) is 1. The second kappa shape index (κ2) is 6.27. The Balaban J connectivity index is 2.09. The summed E-state index contributed by atoms with van der Waals surface area (Å²) in [6.07, 6.45) is 1.55. The van der Waals surface area contributed by atoms with Gasteiger partial charge in [-0.25, -0.2) is 18.1 Å². The van der Waals surface area contributed by atoms with Crippen LogP contribution < -0.4 is 4.72 Å². The number of rotatable bonds is 4. The molecule has 3 rings (SSSR count). The Kier molecular flexibility index (Phi) is 4.42. The fraction of sp³-hybridized carbons (Fsp3) is 0.294. The molecule has 132 valence electrons. The second-order valence-corrected chi connectivity index (χ2v) is 9.28. The highest BCUT2D eigenvalue weighted by atomic mass is 32.2. The summed E-state index contributed by atoms with van der Waals surface area (Å²) in [4.78, 5) is 4.34. The smallest absolute Gasteiger partial charge is 0.255 e.